The summed E-state index contributed by atoms with van der Waals surface area (Å²) in [7, 11) is 0. The molecule has 3 heterocycles. The van der Waals surface area contributed by atoms with Gasteiger partial charge < -0.3 is 10.0 Å². The van der Waals surface area contributed by atoms with Gasteiger partial charge in [-0.15, -0.1) is 5.10 Å². The van der Waals surface area contributed by atoms with Gasteiger partial charge in [0.25, 0.3) is 0 Å². The minimum Gasteiger partial charge on any atom is -0.492 e. The Bertz CT molecular complexity index is 1170. The fraction of sp³-hybridized carbons (Fsp3) is 0.304. The van der Waals surface area contributed by atoms with Crippen molar-refractivity contribution in [3.63, 3.8) is 0 Å². The number of aryl methyl sites for hydroxylation is 1. The smallest absolute Gasteiger partial charge is 0.230 e. The molecule has 1 atom stereocenters. The van der Waals surface area contributed by atoms with Crippen molar-refractivity contribution in [3.05, 3.63) is 75.9 Å². The van der Waals surface area contributed by atoms with Gasteiger partial charge in [0, 0.05) is 43.3 Å². The molecule has 1 fully saturated rings. The van der Waals surface area contributed by atoms with E-state index in [1.54, 1.807) is 4.52 Å². The van der Waals surface area contributed by atoms with Crippen LogP contribution < -0.4 is 4.90 Å². The molecule has 0 spiro atoms. The maximum absolute atomic E-state index is 11.1. The van der Waals surface area contributed by atoms with Crippen molar-refractivity contribution in [2.45, 2.75) is 19.4 Å². The first-order valence-electron chi connectivity index (χ1n) is 10.5. The number of aromatic nitrogens is 3. The van der Waals surface area contributed by atoms with Gasteiger partial charge in [-0.25, -0.2) is 4.98 Å². The summed E-state index contributed by atoms with van der Waals surface area (Å²) in [5.74, 6) is 0.922. The molecule has 0 bridgehead atoms. The van der Waals surface area contributed by atoms with Crippen LogP contribution in [0.3, 0.4) is 0 Å². The number of para-hydroxylation sites is 1. The molecule has 160 valence electrons. The van der Waals surface area contributed by atoms with Crippen LogP contribution in [0, 0.1) is 0 Å². The summed E-state index contributed by atoms with van der Waals surface area (Å²) >= 11 is 7.66. The van der Waals surface area contributed by atoms with Gasteiger partial charge in [0.2, 0.25) is 10.8 Å². The molecule has 1 aliphatic heterocycles. The minimum absolute atomic E-state index is 0.0752. The highest BCUT2D eigenvalue weighted by atomic mass is 35.5. The van der Waals surface area contributed by atoms with Crippen LogP contribution in [0.4, 0.5) is 5.69 Å². The maximum Gasteiger partial charge on any atom is 0.230 e. The number of nitrogens with zero attached hydrogens (tertiary/aromatic N) is 5. The normalized spacial score (nSPS) is 16.1. The van der Waals surface area contributed by atoms with Gasteiger partial charge in [-0.2, -0.15) is 4.52 Å². The molecule has 4 aromatic rings. The van der Waals surface area contributed by atoms with Crippen LogP contribution in [0.2, 0.25) is 5.02 Å². The molecule has 31 heavy (non-hydrogen) atoms. The molecule has 0 saturated carbocycles. The first-order chi connectivity index (χ1) is 15.1. The average Bonchev–Trinajstić information content (AvgIpc) is 3.35. The van der Waals surface area contributed by atoms with E-state index in [0.717, 1.165) is 53.8 Å². The lowest BCUT2D eigenvalue weighted by Gasteiger charge is -2.40. The predicted molar refractivity (Wildman–Crippen MR) is 125 cm³/mol. The number of hydrogen-bond donors (Lipinski definition) is 1. The Kier molecular flexibility index (Phi) is 5.56. The molecule has 2 aromatic carbocycles. The van der Waals surface area contributed by atoms with Gasteiger partial charge in [-0.05, 0) is 29.8 Å². The molecule has 0 radical (unpaired) electrons. The molecule has 1 aliphatic rings. The molecule has 0 aliphatic carbocycles. The SMILES string of the molecule is CCc1nc2sc([C@H](c3ccc(Cl)cc3)N3CCN(c4ccccc4)CC3)c(O)n2n1. The quantitative estimate of drug-likeness (QED) is 0.477. The number of aromatic hydroxyl groups is 1. The fourth-order valence-electron chi connectivity index (χ4n) is 4.17. The number of thiazole rings is 1. The Balaban J connectivity index is 1.48. The Morgan fingerprint density at radius 2 is 1.74 bits per heavy atom. The maximum atomic E-state index is 11.1. The van der Waals surface area contributed by atoms with Crippen LogP contribution in [0.1, 0.15) is 29.2 Å². The molecule has 0 amide bonds. The summed E-state index contributed by atoms with van der Waals surface area (Å²) in [6.07, 6.45) is 0.741. The monoisotopic (exact) mass is 453 g/mol. The van der Waals surface area contributed by atoms with E-state index in [4.69, 9.17) is 11.6 Å². The third-order valence-corrected chi connectivity index (χ3v) is 7.12. The summed E-state index contributed by atoms with van der Waals surface area (Å²) in [5, 5.41) is 16.2. The van der Waals surface area contributed by atoms with Crippen LogP contribution >= 0.6 is 22.9 Å². The summed E-state index contributed by atoms with van der Waals surface area (Å²) in [6.45, 7) is 5.64. The van der Waals surface area contributed by atoms with Crippen LogP contribution in [0.15, 0.2) is 54.6 Å². The zero-order chi connectivity index (χ0) is 21.4. The van der Waals surface area contributed by atoms with Crippen molar-refractivity contribution < 1.29 is 5.11 Å². The van der Waals surface area contributed by atoms with Crippen molar-refractivity contribution in [2.75, 3.05) is 31.1 Å². The third-order valence-electron chi connectivity index (χ3n) is 5.79. The van der Waals surface area contributed by atoms with Crippen LogP contribution in [-0.4, -0.2) is 50.8 Å². The highest BCUT2D eigenvalue weighted by molar-refractivity contribution is 7.17. The van der Waals surface area contributed by atoms with E-state index in [-0.39, 0.29) is 11.9 Å². The van der Waals surface area contributed by atoms with Gasteiger partial charge in [0.05, 0.1) is 10.9 Å². The zero-order valence-electron chi connectivity index (χ0n) is 17.3. The van der Waals surface area contributed by atoms with E-state index in [1.807, 2.05) is 37.3 Å². The molecular formula is C23H24ClN5OS. The number of fused-ring (bicyclic) bond motifs is 1. The lowest BCUT2D eigenvalue weighted by molar-refractivity contribution is 0.211. The summed E-state index contributed by atoms with van der Waals surface area (Å²) in [4.78, 5) is 11.0. The Hall–Kier alpha value is -2.61. The van der Waals surface area contributed by atoms with Crippen molar-refractivity contribution >= 4 is 33.6 Å². The van der Waals surface area contributed by atoms with E-state index in [1.165, 1.54) is 17.0 Å². The van der Waals surface area contributed by atoms with E-state index in [0.29, 0.717) is 5.02 Å². The van der Waals surface area contributed by atoms with E-state index >= 15 is 0 Å². The highest BCUT2D eigenvalue weighted by Crippen LogP contribution is 2.40. The van der Waals surface area contributed by atoms with E-state index in [9.17, 15) is 5.11 Å². The van der Waals surface area contributed by atoms with Crippen LogP contribution in [0.5, 0.6) is 5.88 Å². The molecule has 5 rings (SSSR count). The van der Waals surface area contributed by atoms with E-state index in [2.05, 4.69) is 44.1 Å². The summed E-state index contributed by atoms with van der Waals surface area (Å²) in [6, 6.07) is 18.4. The summed E-state index contributed by atoms with van der Waals surface area (Å²) < 4.78 is 1.57. The Morgan fingerprint density at radius 3 is 2.39 bits per heavy atom. The topological polar surface area (TPSA) is 56.9 Å². The number of hydrogen-bond acceptors (Lipinski definition) is 6. The zero-order valence-corrected chi connectivity index (χ0v) is 18.9. The van der Waals surface area contributed by atoms with Crippen LogP contribution in [0.25, 0.3) is 4.96 Å². The predicted octanol–water partition coefficient (Wildman–Crippen LogP) is 4.62. The summed E-state index contributed by atoms with van der Waals surface area (Å²) in [5.41, 5.74) is 2.35. The molecule has 6 nitrogen and oxygen atoms in total. The largest absolute Gasteiger partial charge is 0.492 e. The fourth-order valence-corrected chi connectivity index (χ4v) is 5.43. The number of benzene rings is 2. The first kappa shape index (κ1) is 20.3. The second-order valence-corrected chi connectivity index (χ2v) is 9.12. The lowest BCUT2D eigenvalue weighted by atomic mass is 10.0. The Labute approximate surface area is 190 Å². The third kappa shape index (κ3) is 3.89. The number of halogens is 1. The average molecular weight is 454 g/mol. The molecule has 2 aromatic heterocycles. The number of piperazine rings is 1. The highest BCUT2D eigenvalue weighted by Gasteiger charge is 2.31. The van der Waals surface area contributed by atoms with Gasteiger partial charge in [0.15, 0.2) is 5.82 Å². The lowest BCUT2D eigenvalue weighted by Crippen LogP contribution is -2.47. The van der Waals surface area contributed by atoms with Crippen molar-refractivity contribution in [2.24, 2.45) is 0 Å². The standard InChI is InChI=1S/C23H24ClN5OS/c1-2-19-25-23-29(26-19)22(30)21(31-23)20(16-8-10-17(24)11-9-16)28-14-12-27(13-15-28)18-6-4-3-5-7-18/h3-11,20,30H,2,12-15H2,1H3/t20-/m0/s1. The number of rotatable bonds is 5. The molecule has 1 saturated heterocycles. The van der Waals surface area contributed by atoms with Gasteiger partial charge in [-0.3, -0.25) is 4.90 Å². The van der Waals surface area contributed by atoms with Crippen molar-refractivity contribution in [3.8, 4) is 5.88 Å². The molecule has 0 unspecified atom stereocenters. The first-order valence-corrected chi connectivity index (χ1v) is 11.7. The van der Waals surface area contributed by atoms with Gasteiger partial charge >= 0.3 is 0 Å². The molecule has 8 heteroatoms. The molecule has 1 N–H and O–H groups in total. The second-order valence-electron chi connectivity index (χ2n) is 7.68. The Morgan fingerprint density at radius 1 is 1.03 bits per heavy atom. The van der Waals surface area contributed by atoms with Crippen LogP contribution in [-0.2, 0) is 6.42 Å². The van der Waals surface area contributed by atoms with Gasteiger partial charge in [0.1, 0.15) is 0 Å². The van der Waals surface area contributed by atoms with Crippen molar-refractivity contribution in [1.82, 2.24) is 19.5 Å². The second kappa shape index (κ2) is 8.49. The minimum atomic E-state index is -0.0752. The number of anilines is 1. The van der Waals surface area contributed by atoms with E-state index < -0.39 is 0 Å². The van der Waals surface area contributed by atoms with Crippen molar-refractivity contribution in [1.29, 1.82) is 0 Å². The van der Waals surface area contributed by atoms with Gasteiger partial charge in [-0.1, -0.05) is 60.2 Å². The molecular weight excluding hydrogens is 430 g/mol.